The van der Waals surface area contributed by atoms with Gasteiger partial charge in [0.05, 0.1) is 18.8 Å². The molecule has 4 heteroatoms. The normalized spacial score (nSPS) is 46.7. The van der Waals surface area contributed by atoms with Crippen molar-refractivity contribution in [3.63, 3.8) is 0 Å². The van der Waals surface area contributed by atoms with E-state index in [1.165, 1.54) is 24.8 Å². The summed E-state index contributed by atoms with van der Waals surface area (Å²) in [4.78, 5) is 11.9. The minimum atomic E-state index is -0.354. The third kappa shape index (κ3) is 3.70. The minimum absolute atomic E-state index is 0.110. The summed E-state index contributed by atoms with van der Waals surface area (Å²) in [6, 6.07) is 0. The molecule has 0 radical (unpaired) electrons. The summed E-state index contributed by atoms with van der Waals surface area (Å²) in [5.74, 6) is 2.14. The van der Waals surface area contributed by atoms with Crippen LogP contribution >= 0.6 is 0 Å². The molecule has 0 saturated heterocycles. The number of hydrogen-bond donors (Lipinski definition) is 2. The maximum absolute atomic E-state index is 11.9. The van der Waals surface area contributed by atoms with E-state index in [1.807, 2.05) is 6.92 Å². The fraction of sp³-hybridized carbons (Fsp3) is 0.821. The molecule has 10 atom stereocenters. The van der Waals surface area contributed by atoms with Crippen LogP contribution in [0.5, 0.6) is 0 Å². The maximum atomic E-state index is 11.9. The van der Waals surface area contributed by atoms with E-state index >= 15 is 0 Å². The smallest absolute Gasteiger partial charge is 0.330 e. The van der Waals surface area contributed by atoms with Gasteiger partial charge < -0.3 is 14.9 Å². The second kappa shape index (κ2) is 8.91. The zero-order valence-corrected chi connectivity index (χ0v) is 20.7. The van der Waals surface area contributed by atoms with Crippen molar-refractivity contribution in [1.82, 2.24) is 0 Å². The van der Waals surface area contributed by atoms with E-state index in [4.69, 9.17) is 4.74 Å². The summed E-state index contributed by atoms with van der Waals surface area (Å²) in [5, 5.41) is 22.1. The van der Waals surface area contributed by atoms with Crippen LogP contribution in [-0.2, 0) is 9.53 Å². The zero-order valence-electron chi connectivity index (χ0n) is 20.7. The van der Waals surface area contributed by atoms with Crippen LogP contribution < -0.4 is 0 Å². The summed E-state index contributed by atoms with van der Waals surface area (Å²) in [5.41, 5.74) is 1.65. The Balaban J connectivity index is 1.62. The molecule has 3 fully saturated rings. The van der Waals surface area contributed by atoms with Crippen LogP contribution in [0.4, 0.5) is 0 Å². The molecule has 0 aliphatic heterocycles. The second-order valence-electron chi connectivity index (χ2n) is 11.6. The molecule has 2 N–H and O–H groups in total. The van der Waals surface area contributed by atoms with Crippen molar-refractivity contribution in [2.24, 2.45) is 46.3 Å². The number of allylic oxidation sites excluding steroid dienone is 1. The molecule has 0 heterocycles. The van der Waals surface area contributed by atoms with Crippen molar-refractivity contribution < 1.29 is 19.7 Å². The molecule has 0 bridgehead atoms. The van der Waals surface area contributed by atoms with Crippen molar-refractivity contribution in [2.45, 2.75) is 91.8 Å². The summed E-state index contributed by atoms with van der Waals surface area (Å²) in [7, 11) is 0. The molecule has 0 aromatic carbocycles. The first kappa shape index (κ1) is 24.0. The first-order valence-electron chi connectivity index (χ1n) is 13.1. The Bertz CT molecular complexity index is 771. The number of hydrogen-bond acceptors (Lipinski definition) is 4. The van der Waals surface area contributed by atoms with Crippen LogP contribution in [0.1, 0.15) is 79.6 Å². The third-order valence-electron chi connectivity index (χ3n) is 10.3. The first-order valence-corrected chi connectivity index (χ1v) is 13.1. The molecule has 4 aliphatic rings. The lowest BCUT2D eigenvalue weighted by Crippen LogP contribution is -2.58. The molecule has 4 rings (SSSR count). The van der Waals surface area contributed by atoms with Gasteiger partial charge in [0, 0.05) is 12.0 Å². The lowest BCUT2D eigenvalue weighted by Gasteiger charge is -2.62. The van der Waals surface area contributed by atoms with Gasteiger partial charge in [0.15, 0.2) is 0 Å². The lowest BCUT2D eigenvalue weighted by atomic mass is 9.43. The van der Waals surface area contributed by atoms with Crippen molar-refractivity contribution in [3.05, 3.63) is 23.8 Å². The van der Waals surface area contributed by atoms with Gasteiger partial charge in [-0.1, -0.05) is 45.4 Å². The predicted molar refractivity (Wildman–Crippen MR) is 127 cm³/mol. The Hall–Kier alpha value is -1.13. The highest BCUT2D eigenvalue weighted by atomic mass is 16.5. The van der Waals surface area contributed by atoms with E-state index in [0.29, 0.717) is 36.2 Å². The highest BCUT2D eigenvalue weighted by molar-refractivity contribution is 5.81. The van der Waals surface area contributed by atoms with Crippen LogP contribution in [0.2, 0.25) is 0 Å². The van der Waals surface area contributed by atoms with Crippen molar-refractivity contribution >= 4 is 5.97 Å². The molecule has 180 valence electrons. The first-order chi connectivity index (χ1) is 15.2. The third-order valence-corrected chi connectivity index (χ3v) is 10.3. The molecule has 0 spiro atoms. The number of fused-ring (bicyclic) bond motifs is 5. The fourth-order valence-corrected chi connectivity index (χ4v) is 8.81. The molecule has 4 nitrogen and oxygen atoms in total. The highest BCUT2D eigenvalue weighted by Crippen LogP contribution is 2.68. The molecule has 0 aromatic heterocycles. The van der Waals surface area contributed by atoms with Crippen LogP contribution in [0.15, 0.2) is 23.8 Å². The van der Waals surface area contributed by atoms with Crippen LogP contribution in [-0.4, -0.2) is 35.0 Å². The Morgan fingerprint density at radius 2 is 1.91 bits per heavy atom. The Kier molecular flexibility index (Phi) is 6.68. The summed E-state index contributed by atoms with van der Waals surface area (Å²) in [6.45, 7) is 11.6. The van der Waals surface area contributed by atoms with Crippen molar-refractivity contribution in [3.8, 4) is 0 Å². The molecule has 32 heavy (non-hydrogen) atoms. The quantitative estimate of drug-likeness (QED) is 0.344. The average molecular weight is 445 g/mol. The maximum Gasteiger partial charge on any atom is 0.330 e. The number of aliphatic hydroxyl groups excluding tert-OH is 2. The van der Waals surface area contributed by atoms with E-state index in [1.54, 1.807) is 6.08 Å². The molecular formula is C28H44O4. The van der Waals surface area contributed by atoms with Crippen molar-refractivity contribution in [2.75, 3.05) is 6.61 Å². The minimum Gasteiger partial charge on any atom is -0.463 e. The van der Waals surface area contributed by atoms with Gasteiger partial charge in [-0.05, 0) is 92.3 Å². The topological polar surface area (TPSA) is 66.8 Å². The standard InChI is InChI=1S/C28H44O4/c1-6-19-23-16-18(29)12-14-28(23,5)22-13-15-27(4)20(9-10-21(27)25(22)26(19)31)17(3)8-11-24(30)32-7-2/h8,11,16-22,25-26,29,31H,6-7,9-10,12-15H2,1-5H3/b11-8+/t17-,18?,19+,20-,21?,22?,25?,26-,27-,28-/m1/s1. The zero-order chi connectivity index (χ0) is 23.3. The number of carbonyl (C=O) groups excluding carboxylic acids is 1. The predicted octanol–water partition coefficient (Wildman–Crippen LogP) is 5.29. The Morgan fingerprint density at radius 3 is 2.59 bits per heavy atom. The van der Waals surface area contributed by atoms with Crippen LogP contribution in [0, 0.1) is 46.3 Å². The average Bonchev–Trinajstić information content (AvgIpc) is 3.11. The number of carbonyl (C=O) groups is 1. The monoisotopic (exact) mass is 444 g/mol. The van der Waals surface area contributed by atoms with Gasteiger partial charge >= 0.3 is 5.97 Å². The van der Waals surface area contributed by atoms with Gasteiger partial charge in [-0.2, -0.15) is 0 Å². The largest absolute Gasteiger partial charge is 0.463 e. The molecule has 3 saturated carbocycles. The van der Waals surface area contributed by atoms with E-state index in [0.717, 1.165) is 25.7 Å². The number of rotatable bonds is 5. The second-order valence-corrected chi connectivity index (χ2v) is 11.6. The van der Waals surface area contributed by atoms with E-state index < -0.39 is 0 Å². The lowest BCUT2D eigenvalue weighted by molar-refractivity contribution is -0.137. The van der Waals surface area contributed by atoms with E-state index in [2.05, 4.69) is 39.8 Å². The number of esters is 1. The van der Waals surface area contributed by atoms with E-state index in [-0.39, 0.29) is 34.9 Å². The Labute approximate surface area is 194 Å². The van der Waals surface area contributed by atoms with Gasteiger partial charge in [0.2, 0.25) is 0 Å². The van der Waals surface area contributed by atoms with Gasteiger partial charge in [0.1, 0.15) is 0 Å². The summed E-state index contributed by atoms with van der Waals surface area (Å²) in [6.07, 6.45) is 12.6. The SMILES string of the molecule is CCOC(=O)/C=C/[C@@H](C)[C@H]1CCC2C3C(CC[C@@]21C)[C@@]1(C)CCC(O)C=C1[C@H](CC)[C@H]3O. The number of aliphatic hydroxyl groups is 2. The van der Waals surface area contributed by atoms with Crippen molar-refractivity contribution in [1.29, 1.82) is 0 Å². The van der Waals surface area contributed by atoms with Crippen LogP contribution in [0.3, 0.4) is 0 Å². The molecule has 4 unspecified atom stereocenters. The van der Waals surface area contributed by atoms with Gasteiger partial charge in [-0.3, -0.25) is 0 Å². The van der Waals surface area contributed by atoms with Crippen LogP contribution in [0.25, 0.3) is 0 Å². The number of ether oxygens (including phenoxy) is 1. The van der Waals surface area contributed by atoms with Gasteiger partial charge in [-0.15, -0.1) is 0 Å². The molecule has 0 aromatic rings. The van der Waals surface area contributed by atoms with Gasteiger partial charge in [0.25, 0.3) is 0 Å². The van der Waals surface area contributed by atoms with E-state index in [9.17, 15) is 15.0 Å². The summed E-state index contributed by atoms with van der Waals surface area (Å²) < 4.78 is 5.08. The highest BCUT2D eigenvalue weighted by Gasteiger charge is 2.63. The molecule has 0 amide bonds. The van der Waals surface area contributed by atoms with Gasteiger partial charge in [-0.25, -0.2) is 4.79 Å². The molecular weight excluding hydrogens is 400 g/mol. The Morgan fingerprint density at radius 1 is 1.16 bits per heavy atom. The molecule has 4 aliphatic carbocycles. The fourth-order valence-electron chi connectivity index (χ4n) is 8.81. The summed E-state index contributed by atoms with van der Waals surface area (Å²) >= 11 is 0.